The van der Waals surface area contributed by atoms with Gasteiger partial charge in [0, 0.05) is 23.9 Å². The van der Waals surface area contributed by atoms with Crippen molar-refractivity contribution in [2.75, 3.05) is 6.54 Å². The van der Waals surface area contributed by atoms with E-state index < -0.39 is 0 Å². The van der Waals surface area contributed by atoms with Gasteiger partial charge in [0.2, 0.25) is 5.91 Å². The summed E-state index contributed by atoms with van der Waals surface area (Å²) in [6.07, 6.45) is 0.948. The number of nitrogens with one attached hydrogen (secondary N) is 1. The van der Waals surface area contributed by atoms with Crippen molar-refractivity contribution in [3.05, 3.63) is 76.5 Å². The summed E-state index contributed by atoms with van der Waals surface area (Å²) in [5, 5.41) is 5.90. The SMILES string of the molecule is Cc1ccc(-c2nc(CCNC(=O)Cc3ccc(F)cc3)cs2)cc1. The quantitative estimate of drug-likeness (QED) is 0.722. The topological polar surface area (TPSA) is 42.0 Å². The van der Waals surface area contributed by atoms with Crippen LogP contribution in [0.3, 0.4) is 0 Å². The molecule has 1 aromatic heterocycles. The Labute approximate surface area is 150 Å². The number of hydrogen-bond acceptors (Lipinski definition) is 3. The first-order valence-corrected chi connectivity index (χ1v) is 9.01. The van der Waals surface area contributed by atoms with Gasteiger partial charge in [0.05, 0.1) is 12.1 Å². The zero-order chi connectivity index (χ0) is 17.6. The van der Waals surface area contributed by atoms with E-state index in [2.05, 4.69) is 41.5 Å². The molecular weight excluding hydrogens is 335 g/mol. The van der Waals surface area contributed by atoms with Gasteiger partial charge >= 0.3 is 0 Å². The summed E-state index contributed by atoms with van der Waals surface area (Å²) in [5.41, 5.74) is 4.11. The number of amides is 1. The first kappa shape index (κ1) is 17.3. The molecule has 0 aliphatic rings. The van der Waals surface area contributed by atoms with Gasteiger partial charge in [-0.05, 0) is 24.6 Å². The molecule has 0 saturated carbocycles. The Bertz CT molecular complexity index is 841. The molecule has 0 atom stereocenters. The Morgan fingerprint density at radius 1 is 1.12 bits per heavy atom. The minimum atomic E-state index is -0.294. The molecule has 1 heterocycles. The molecule has 2 aromatic carbocycles. The first-order chi connectivity index (χ1) is 12.1. The zero-order valence-electron chi connectivity index (χ0n) is 14.0. The van der Waals surface area contributed by atoms with Crippen molar-refractivity contribution in [1.82, 2.24) is 10.3 Å². The van der Waals surface area contributed by atoms with Crippen LogP contribution in [0.2, 0.25) is 0 Å². The Balaban J connectivity index is 1.48. The predicted molar refractivity (Wildman–Crippen MR) is 99.1 cm³/mol. The number of hydrogen-bond donors (Lipinski definition) is 1. The molecule has 0 bridgehead atoms. The number of nitrogens with zero attached hydrogens (tertiary/aromatic N) is 1. The van der Waals surface area contributed by atoms with Crippen LogP contribution < -0.4 is 5.32 Å². The second-order valence-electron chi connectivity index (χ2n) is 5.91. The second kappa shape index (κ2) is 8.03. The molecular formula is C20H19FN2OS. The Morgan fingerprint density at radius 2 is 1.84 bits per heavy atom. The third-order valence-electron chi connectivity index (χ3n) is 3.83. The summed E-state index contributed by atoms with van der Waals surface area (Å²) in [6.45, 7) is 2.60. The van der Waals surface area contributed by atoms with Crippen molar-refractivity contribution < 1.29 is 9.18 Å². The highest BCUT2D eigenvalue weighted by molar-refractivity contribution is 7.13. The average Bonchev–Trinajstić information content (AvgIpc) is 3.06. The maximum Gasteiger partial charge on any atom is 0.224 e. The fraction of sp³-hybridized carbons (Fsp3) is 0.200. The van der Waals surface area contributed by atoms with Crippen molar-refractivity contribution in [3.8, 4) is 10.6 Å². The number of thiazole rings is 1. The molecule has 128 valence electrons. The maximum atomic E-state index is 12.9. The van der Waals surface area contributed by atoms with Gasteiger partial charge in [-0.3, -0.25) is 4.79 Å². The number of carbonyl (C=O) groups excluding carboxylic acids is 1. The molecule has 0 aliphatic heterocycles. The van der Waals surface area contributed by atoms with E-state index in [0.717, 1.165) is 21.8 Å². The summed E-state index contributed by atoms with van der Waals surface area (Å²) in [4.78, 5) is 16.5. The average molecular weight is 354 g/mol. The molecule has 1 amide bonds. The van der Waals surface area contributed by atoms with Crippen molar-refractivity contribution in [2.24, 2.45) is 0 Å². The van der Waals surface area contributed by atoms with Crippen LogP contribution in [0.25, 0.3) is 10.6 Å². The van der Waals surface area contributed by atoms with E-state index in [1.165, 1.54) is 17.7 Å². The monoisotopic (exact) mass is 354 g/mol. The van der Waals surface area contributed by atoms with Crippen LogP contribution in [-0.2, 0) is 17.6 Å². The highest BCUT2D eigenvalue weighted by Gasteiger charge is 2.07. The lowest BCUT2D eigenvalue weighted by Gasteiger charge is -2.04. The van der Waals surface area contributed by atoms with Gasteiger partial charge in [0.1, 0.15) is 10.8 Å². The molecule has 0 unspecified atom stereocenters. The Hall–Kier alpha value is -2.53. The first-order valence-electron chi connectivity index (χ1n) is 8.13. The maximum absolute atomic E-state index is 12.9. The third kappa shape index (κ3) is 4.97. The van der Waals surface area contributed by atoms with Gasteiger partial charge in [0.15, 0.2) is 0 Å². The predicted octanol–water partition coefficient (Wildman–Crippen LogP) is 4.16. The van der Waals surface area contributed by atoms with E-state index in [9.17, 15) is 9.18 Å². The summed E-state index contributed by atoms with van der Waals surface area (Å²) < 4.78 is 12.9. The summed E-state index contributed by atoms with van der Waals surface area (Å²) in [6, 6.07) is 14.3. The number of aromatic nitrogens is 1. The highest BCUT2D eigenvalue weighted by atomic mass is 32.1. The molecule has 3 nitrogen and oxygen atoms in total. The van der Waals surface area contributed by atoms with Crippen LogP contribution >= 0.6 is 11.3 Å². The van der Waals surface area contributed by atoms with E-state index in [-0.39, 0.29) is 18.1 Å². The normalized spacial score (nSPS) is 10.6. The van der Waals surface area contributed by atoms with E-state index in [0.29, 0.717) is 13.0 Å². The number of benzene rings is 2. The van der Waals surface area contributed by atoms with Crippen LogP contribution in [0.15, 0.2) is 53.9 Å². The molecule has 3 aromatic rings. The smallest absolute Gasteiger partial charge is 0.224 e. The van der Waals surface area contributed by atoms with Gasteiger partial charge in [-0.25, -0.2) is 9.37 Å². The molecule has 0 saturated heterocycles. The number of halogens is 1. The zero-order valence-corrected chi connectivity index (χ0v) is 14.8. The largest absolute Gasteiger partial charge is 0.355 e. The van der Waals surface area contributed by atoms with E-state index in [1.54, 1.807) is 23.5 Å². The molecule has 25 heavy (non-hydrogen) atoms. The fourth-order valence-corrected chi connectivity index (χ4v) is 3.29. The van der Waals surface area contributed by atoms with Crippen molar-refractivity contribution in [3.63, 3.8) is 0 Å². The summed E-state index contributed by atoms with van der Waals surface area (Å²) >= 11 is 1.61. The highest BCUT2D eigenvalue weighted by Crippen LogP contribution is 2.24. The second-order valence-corrected chi connectivity index (χ2v) is 6.77. The molecule has 0 spiro atoms. The number of carbonyl (C=O) groups is 1. The van der Waals surface area contributed by atoms with E-state index in [1.807, 2.05) is 5.38 Å². The van der Waals surface area contributed by atoms with Crippen LogP contribution in [0, 0.1) is 12.7 Å². The molecule has 0 fully saturated rings. The minimum Gasteiger partial charge on any atom is -0.355 e. The van der Waals surface area contributed by atoms with Gasteiger partial charge in [0.25, 0.3) is 0 Å². The summed E-state index contributed by atoms with van der Waals surface area (Å²) in [5.74, 6) is -0.363. The van der Waals surface area contributed by atoms with E-state index in [4.69, 9.17) is 0 Å². The number of rotatable bonds is 6. The van der Waals surface area contributed by atoms with Gasteiger partial charge < -0.3 is 5.32 Å². The van der Waals surface area contributed by atoms with Gasteiger partial charge in [-0.2, -0.15) is 0 Å². The fourth-order valence-electron chi connectivity index (χ4n) is 2.43. The Kier molecular flexibility index (Phi) is 5.56. The van der Waals surface area contributed by atoms with Crippen LogP contribution in [-0.4, -0.2) is 17.4 Å². The van der Waals surface area contributed by atoms with Crippen molar-refractivity contribution >= 4 is 17.2 Å². The lowest BCUT2D eigenvalue weighted by atomic mass is 10.1. The third-order valence-corrected chi connectivity index (χ3v) is 4.77. The van der Waals surface area contributed by atoms with Gasteiger partial charge in [-0.1, -0.05) is 42.0 Å². The lowest BCUT2D eigenvalue weighted by Crippen LogP contribution is -2.27. The standard InChI is InChI=1S/C20H19FN2OS/c1-14-2-6-16(7-3-14)20-23-18(13-25-20)10-11-22-19(24)12-15-4-8-17(21)9-5-15/h2-9,13H,10-12H2,1H3,(H,22,24). The lowest BCUT2D eigenvalue weighted by molar-refractivity contribution is -0.120. The van der Waals surface area contributed by atoms with Crippen molar-refractivity contribution in [1.29, 1.82) is 0 Å². The van der Waals surface area contributed by atoms with Crippen molar-refractivity contribution in [2.45, 2.75) is 19.8 Å². The van der Waals surface area contributed by atoms with Crippen LogP contribution in [0.5, 0.6) is 0 Å². The van der Waals surface area contributed by atoms with Crippen LogP contribution in [0.1, 0.15) is 16.8 Å². The molecule has 5 heteroatoms. The molecule has 3 rings (SSSR count). The van der Waals surface area contributed by atoms with Crippen LogP contribution in [0.4, 0.5) is 4.39 Å². The van der Waals surface area contributed by atoms with E-state index >= 15 is 0 Å². The molecule has 0 radical (unpaired) electrons. The summed E-state index contributed by atoms with van der Waals surface area (Å²) in [7, 11) is 0. The molecule has 0 aliphatic carbocycles. The van der Waals surface area contributed by atoms with Gasteiger partial charge in [-0.15, -0.1) is 11.3 Å². The minimum absolute atomic E-state index is 0.0689. The number of aryl methyl sites for hydroxylation is 1. The Morgan fingerprint density at radius 3 is 2.56 bits per heavy atom. The molecule has 1 N–H and O–H groups in total.